The second kappa shape index (κ2) is 5.52. The average molecular weight is 275 g/mol. The molecular formula is C17H27N2O+. The predicted molar refractivity (Wildman–Crippen MR) is 80.3 cm³/mol. The van der Waals surface area contributed by atoms with Crippen molar-refractivity contribution in [2.24, 2.45) is 17.8 Å². The second-order valence-electron chi connectivity index (χ2n) is 7.07. The van der Waals surface area contributed by atoms with Gasteiger partial charge < -0.3 is 10.0 Å². The molecule has 2 N–H and O–H groups in total. The van der Waals surface area contributed by atoms with Crippen molar-refractivity contribution in [2.45, 2.75) is 25.4 Å². The van der Waals surface area contributed by atoms with Crippen molar-refractivity contribution < 1.29 is 10.0 Å². The van der Waals surface area contributed by atoms with Crippen LogP contribution in [0.4, 0.5) is 0 Å². The van der Waals surface area contributed by atoms with Gasteiger partial charge in [-0.2, -0.15) is 0 Å². The zero-order valence-corrected chi connectivity index (χ0v) is 12.7. The van der Waals surface area contributed by atoms with Crippen LogP contribution in [0.2, 0.25) is 0 Å². The molecule has 1 aliphatic heterocycles. The van der Waals surface area contributed by atoms with Crippen LogP contribution in [0.5, 0.6) is 0 Å². The van der Waals surface area contributed by atoms with Crippen LogP contribution < -0.4 is 4.90 Å². The molecule has 4 unspecified atom stereocenters. The number of nitrogens with zero attached hydrogens (tertiary/aromatic N) is 1. The summed E-state index contributed by atoms with van der Waals surface area (Å²) in [6.07, 6.45) is 6.94. The fourth-order valence-corrected chi connectivity index (χ4v) is 3.94. The molecule has 20 heavy (non-hydrogen) atoms. The van der Waals surface area contributed by atoms with E-state index in [4.69, 9.17) is 0 Å². The normalized spacial score (nSPS) is 36.6. The molecule has 3 nitrogen and oxygen atoms in total. The lowest BCUT2D eigenvalue weighted by Gasteiger charge is -2.30. The summed E-state index contributed by atoms with van der Waals surface area (Å²) in [6, 6.07) is 0. The summed E-state index contributed by atoms with van der Waals surface area (Å²) >= 11 is 0. The Morgan fingerprint density at radius 2 is 2.05 bits per heavy atom. The number of rotatable bonds is 2. The first kappa shape index (κ1) is 14.1. The van der Waals surface area contributed by atoms with Gasteiger partial charge >= 0.3 is 0 Å². The third-order valence-electron chi connectivity index (χ3n) is 5.35. The maximum atomic E-state index is 10.7. The van der Waals surface area contributed by atoms with Gasteiger partial charge in [0.1, 0.15) is 5.60 Å². The summed E-state index contributed by atoms with van der Waals surface area (Å²) in [4.78, 5) is 4.01. The number of aliphatic hydroxyl groups is 1. The lowest BCUT2D eigenvalue weighted by molar-refractivity contribution is -0.884. The summed E-state index contributed by atoms with van der Waals surface area (Å²) in [5.74, 6) is 7.99. The average Bonchev–Trinajstić information content (AvgIpc) is 3.04. The molecule has 1 heterocycles. The van der Waals surface area contributed by atoms with Crippen LogP contribution in [0.15, 0.2) is 12.2 Å². The fourth-order valence-electron chi connectivity index (χ4n) is 3.94. The van der Waals surface area contributed by atoms with Gasteiger partial charge in [0.05, 0.1) is 26.7 Å². The molecular weight excluding hydrogens is 248 g/mol. The quantitative estimate of drug-likeness (QED) is 0.539. The molecule has 110 valence electrons. The van der Waals surface area contributed by atoms with E-state index in [1.807, 2.05) is 6.92 Å². The highest BCUT2D eigenvalue weighted by Crippen LogP contribution is 2.47. The number of piperazine rings is 1. The summed E-state index contributed by atoms with van der Waals surface area (Å²) in [7, 11) is 2.25. The van der Waals surface area contributed by atoms with Crippen LogP contribution in [0.3, 0.4) is 0 Å². The maximum absolute atomic E-state index is 10.7. The lowest BCUT2D eigenvalue weighted by atomic mass is 9.80. The Balaban J connectivity index is 1.54. The van der Waals surface area contributed by atoms with E-state index >= 15 is 0 Å². The maximum Gasteiger partial charge on any atom is 0.126 e. The Kier molecular flexibility index (Phi) is 3.90. The molecule has 0 aromatic rings. The summed E-state index contributed by atoms with van der Waals surface area (Å²) < 4.78 is 0. The van der Waals surface area contributed by atoms with Crippen LogP contribution in [0.25, 0.3) is 0 Å². The molecule has 4 atom stereocenters. The largest absolute Gasteiger partial charge is 0.378 e. The van der Waals surface area contributed by atoms with Crippen molar-refractivity contribution in [1.82, 2.24) is 4.90 Å². The molecule has 3 rings (SSSR count). The van der Waals surface area contributed by atoms with E-state index in [-0.39, 0.29) is 0 Å². The van der Waals surface area contributed by atoms with Crippen molar-refractivity contribution >= 4 is 0 Å². The van der Waals surface area contributed by atoms with E-state index in [0.29, 0.717) is 17.8 Å². The molecule has 0 spiro atoms. The van der Waals surface area contributed by atoms with Gasteiger partial charge in [0.25, 0.3) is 0 Å². The third-order valence-corrected chi connectivity index (χ3v) is 5.35. The van der Waals surface area contributed by atoms with Gasteiger partial charge in [-0.05, 0) is 31.6 Å². The highest BCUT2D eigenvalue weighted by molar-refractivity contribution is 5.22. The van der Waals surface area contributed by atoms with E-state index in [0.717, 1.165) is 26.1 Å². The monoisotopic (exact) mass is 275 g/mol. The van der Waals surface area contributed by atoms with Gasteiger partial charge in [-0.15, -0.1) is 0 Å². The molecule has 3 heteroatoms. The molecule has 0 radical (unpaired) electrons. The Labute approximate surface area is 122 Å². The van der Waals surface area contributed by atoms with E-state index < -0.39 is 5.60 Å². The first-order chi connectivity index (χ1) is 9.54. The first-order valence-corrected chi connectivity index (χ1v) is 7.99. The first-order valence-electron chi connectivity index (χ1n) is 7.99. The smallest absolute Gasteiger partial charge is 0.126 e. The van der Waals surface area contributed by atoms with Gasteiger partial charge in [0.2, 0.25) is 0 Å². The number of hydrogen-bond donors (Lipinski definition) is 2. The van der Waals surface area contributed by atoms with Gasteiger partial charge in [0, 0.05) is 19.0 Å². The topological polar surface area (TPSA) is 27.9 Å². The Bertz CT molecular complexity index is 438. The molecule has 2 aliphatic carbocycles. The lowest BCUT2D eigenvalue weighted by Crippen LogP contribution is -3.11. The Hall–Kier alpha value is -0.820. The SMILES string of the molecule is C[NH+]1CCN(CC#CC(C)(O)C2CC3C=CC2C3)CC1. The van der Waals surface area contributed by atoms with E-state index in [2.05, 4.69) is 35.9 Å². The van der Waals surface area contributed by atoms with Crippen LogP contribution in [-0.2, 0) is 0 Å². The van der Waals surface area contributed by atoms with Crippen LogP contribution in [0, 0.1) is 29.6 Å². The van der Waals surface area contributed by atoms with E-state index in [1.54, 1.807) is 4.90 Å². The summed E-state index contributed by atoms with van der Waals surface area (Å²) in [6.45, 7) is 7.37. The standard InChI is InChI=1S/C17H26N2O/c1-17(20,16-13-14-4-5-15(16)12-14)6-3-7-19-10-8-18(2)9-11-19/h4-5,14-16,20H,7-13H2,1-2H3/p+1. The minimum atomic E-state index is -0.817. The molecule has 2 bridgehead atoms. The Morgan fingerprint density at radius 1 is 1.30 bits per heavy atom. The van der Waals surface area contributed by atoms with Crippen LogP contribution in [-0.4, -0.2) is 55.4 Å². The molecule has 1 saturated carbocycles. The van der Waals surface area contributed by atoms with Crippen LogP contribution >= 0.6 is 0 Å². The minimum Gasteiger partial charge on any atom is -0.378 e. The predicted octanol–water partition coefficient (Wildman–Crippen LogP) is -0.217. The number of hydrogen-bond acceptors (Lipinski definition) is 2. The fraction of sp³-hybridized carbons (Fsp3) is 0.765. The molecule has 3 aliphatic rings. The van der Waals surface area contributed by atoms with Gasteiger partial charge in [-0.1, -0.05) is 24.0 Å². The zero-order valence-electron chi connectivity index (χ0n) is 12.7. The molecule has 1 saturated heterocycles. The van der Waals surface area contributed by atoms with Crippen molar-refractivity contribution in [3.63, 3.8) is 0 Å². The minimum absolute atomic E-state index is 0.335. The summed E-state index contributed by atoms with van der Waals surface area (Å²) in [5.41, 5.74) is -0.817. The van der Waals surface area contributed by atoms with Gasteiger partial charge in [-0.25, -0.2) is 0 Å². The van der Waals surface area contributed by atoms with Crippen molar-refractivity contribution in [3.8, 4) is 11.8 Å². The number of likely N-dealkylation sites (N-methyl/N-ethyl adjacent to an activating group) is 1. The molecule has 2 fully saturated rings. The van der Waals surface area contributed by atoms with Gasteiger partial charge in [-0.3, -0.25) is 4.90 Å². The number of quaternary nitrogens is 1. The highest BCUT2D eigenvalue weighted by atomic mass is 16.3. The molecule has 0 amide bonds. The van der Waals surface area contributed by atoms with Crippen molar-refractivity contribution in [2.75, 3.05) is 39.8 Å². The number of allylic oxidation sites excluding steroid dienone is 2. The second-order valence-corrected chi connectivity index (χ2v) is 7.07. The number of nitrogens with one attached hydrogen (secondary N) is 1. The Morgan fingerprint density at radius 3 is 2.65 bits per heavy atom. The third kappa shape index (κ3) is 2.93. The van der Waals surface area contributed by atoms with E-state index in [9.17, 15) is 5.11 Å². The van der Waals surface area contributed by atoms with Gasteiger partial charge in [0.15, 0.2) is 0 Å². The van der Waals surface area contributed by atoms with E-state index in [1.165, 1.54) is 19.5 Å². The molecule has 0 aromatic carbocycles. The highest BCUT2D eigenvalue weighted by Gasteiger charge is 2.44. The van der Waals surface area contributed by atoms with Crippen LogP contribution in [0.1, 0.15) is 19.8 Å². The zero-order chi connectivity index (χ0) is 14.2. The molecule has 0 aromatic heterocycles. The van der Waals surface area contributed by atoms with Crippen molar-refractivity contribution in [1.29, 1.82) is 0 Å². The van der Waals surface area contributed by atoms with Crippen molar-refractivity contribution in [3.05, 3.63) is 12.2 Å². The summed E-state index contributed by atoms with van der Waals surface area (Å²) in [5, 5.41) is 10.7. The number of fused-ring (bicyclic) bond motifs is 2.